The van der Waals surface area contributed by atoms with E-state index in [1.807, 2.05) is 84.0 Å². The maximum Gasteiger partial charge on any atom is 0.249 e. The largest absolute Gasteiger partial charge is 0.493 e. The van der Waals surface area contributed by atoms with E-state index in [1.54, 1.807) is 34.9 Å². The summed E-state index contributed by atoms with van der Waals surface area (Å²) in [5.41, 5.74) is 4.01. The first-order valence-electron chi connectivity index (χ1n) is 13.3. The number of anilines is 1. The van der Waals surface area contributed by atoms with Crippen LogP contribution in [0.5, 0.6) is 11.5 Å². The molecule has 1 atom stereocenters. The van der Waals surface area contributed by atoms with Crippen molar-refractivity contribution in [3.05, 3.63) is 77.4 Å². The number of methoxy groups -OCH3 is 1. The summed E-state index contributed by atoms with van der Waals surface area (Å²) in [4.78, 5) is 29.9. The summed E-state index contributed by atoms with van der Waals surface area (Å²) in [6.07, 6.45) is 0. The summed E-state index contributed by atoms with van der Waals surface area (Å²) in [5.74, 6) is 0.391. The molecule has 9 nitrogen and oxygen atoms in total. The molecule has 0 aliphatic carbocycles. The van der Waals surface area contributed by atoms with Crippen LogP contribution in [0.15, 0.2) is 60.7 Å². The first-order valence-corrected chi connectivity index (χ1v) is 13.3. The van der Waals surface area contributed by atoms with Crippen LogP contribution in [0.3, 0.4) is 0 Å². The van der Waals surface area contributed by atoms with Gasteiger partial charge in [0.2, 0.25) is 11.8 Å². The van der Waals surface area contributed by atoms with Crippen LogP contribution in [-0.4, -0.2) is 46.1 Å². The van der Waals surface area contributed by atoms with E-state index < -0.39 is 11.6 Å². The second-order valence-corrected chi connectivity index (χ2v) is 10.8. The predicted octanol–water partition coefficient (Wildman–Crippen LogP) is 5.14. The zero-order valence-electron chi connectivity index (χ0n) is 24.2. The van der Waals surface area contributed by atoms with Crippen LogP contribution in [0.4, 0.5) is 5.69 Å². The average Bonchev–Trinajstić information content (AvgIpc) is 3.28. The monoisotopic (exact) mass is 543 g/mol. The van der Waals surface area contributed by atoms with Gasteiger partial charge in [0.25, 0.3) is 0 Å². The third-order valence-electron chi connectivity index (χ3n) is 6.27. The van der Waals surface area contributed by atoms with Gasteiger partial charge in [-0.15, -0.1) is 5.10 Å². The molecule has 0 spiro atoms. The van der Waals surface area contributed by atoms with E-state index in [-0.39, 0.29) is 18.4 Å². The Hall–Kier alpha value is -4.40. The molecule has 1 heterocycles. The molecular weight excluding hydrogens is 506 g/mol. The van der Waals surface area contributed by atoms with Crippen LogP contribution in [-0.2, 0) is 16.1 Å². The molecule has 0 radical (unpaired) electrons. The van der Waals surface area contributed by atoms with Crippen molar-refractivity contribution in [2.45, 2.75) is 59.7 Å². The molecule has 4 rings (SSSR count). The Bertz CT molecular complexity index is 1500. The second-order valence-electron chi connectivity index (χ2n) is 10.8. The van der Waals surface area contributed by atoms with Gasteiger partial charge >= 0.3 is 0 Å². The van der Waals surface area contributed by atoms with Crippen molar-refractivity contribution in [2.75, 3.05) is 18.6 Å². The molecule has 1 unspecified atom stereocenters. The van der Waals surface area contributed by atoms with Crippen LogP contribution < -0.4 is 19.7 Å². The number of nitrogens with one attached hydrogen (secondary N) is 1. The number of aryl methyl sites for hydroxylation is 2. The molecular formula is C31H37N5O4. The first kappa shape index (κ1) is 28.6. The van der Waals surface area contributed by atoms with Gasteiger partial charge in [0.1, 0.15) is 18.1 Å². The zero-order valence-corrected chi connectivity index (χ0v) is 24.2. The molecule has 40 heavy (non-hydrogen) atoms. The summed E-state index contributed by atoms with van der Waals surface area (Å²) < 4.78 is 12.9. The molecule has 0 fully saturated rings. The highest BCUT2D eigenvalue weighted by Crippen LogP contribution is 2.36. The third-order valence-corrected chi connectivity index (χ3v) is 6.27. The highest BCUT2D eigenvalue weighted by atomic mass is 16.5. The minimum absolute atomic E-state index is 0.110. The average molecular weight is 544 g/mol. The molecule has 210 valence electrons. The van der Waals surface area contributed by atoms with E-state index in [9.17, 15) is 9.59 Å². The molecule has 9 heteroatoms. The molecule has 3 aromatic carbocycles. The minimum Gasteiger partial charge on any atom is -0.493 e. The van der Waals surface area contributed by atoms with Crippen LogP contribution in [0, 0.1) is 13.8 Å². The molecule has 2 amide bonds. The van der Waals surface area contributed by atoms with Crippen molar-refractivity contribution in [3.63, 3.8) is 0 Å². The fraction of sp³-hybridized carbons (Fsp3) is 0.355. The molecule has 4 aromatic rings. The van der Waals surface area contributed by atoms with E-state index in [0.29, 0.717) is 34.9 Å². The Morgan fingerprint density at radius 1 is 1.00 bits per heavy atom. The Morgan fingerprint density at radius 2 is 1.70 bits per heavy atom. The van der Waals surface area contributed by atoms with Gasteiger partial charge in [0.05, 0.1) is 19.2 Å². The summed E-state index contributed by atoms with van der Waals surface area (Å²) >= 11 is 0. The smallest absolute Gasteiger partial charge is 0.249 e. The Balaban J connectivity index is 1.89. The summed E-state index contributed by atoms with van der Waals surface area (Å²) in [6.45, 7) is 11.9. The van der Waals surface area contributed by atoms with E-state index in [4.69, 9.17) is 9.47 Å². The number of nitrogens with zero attached hydrogens (tertiary/aromatic N) is 4. The summed E-state index contributed by atoms with van der Waals surface area (Å²) in [5, 5.41) is 11.5. The van der Waals surface area contributed by atoms with Crippen molar-refractivity contribution in [3.8, 4) is 11.5 Å². The van der Waals surface area contributed by atoms with Crippen LogP contribution >= 0.6 is 0 Å². The van der Waals surface area contributed by atoms with Crippen molar-refractivity contribution in [1.82, 2.24) is 20.3 Å². The fourth-order valence-corrected chi connectivity index (χ4v) is 4.75. The summed E-state index contributed by atoms with van der Waals surface area (Å²) in [7, 11) is 1.55. The van der Waals surface area contributed by atoms with E-state index in [1.165, 1.54) is 0 Å². The molecule has 0 bridgehead atoms. The number of rotatable bonds is 9. The minimum atomic E-state index is -1.01. The van der Waals surface area contributed by atoms with Gasteiger partial charge in [0.15, 0.2) is 11.5 Å². The number of carbonyl (C=O) groups excluding carboxylic acids is 2. The number of para-hydroxylation sites is 1. The van der Waals surface area contributed by atoms with Gasteiger partial charge in [-0.1, -0.05) is 29.5 Å². The number of benzene rings is 3. The van der Waals surface area contributed by atoms with E-state index in [0.717, 1.165) is 16.6 Å². The third kappa shape index (κ3) is 6.42. The lowest BCUT2D eigenvalue weighted by atomic mass is 9.99. The number of amides is 2. The van der Waals surface area contributed by atoms with Gasteiger partial charge in [-0.05, 0) is 94.6 Å². The molecule has 0 saturated heterocycles. The Morgan fingerprint density at radius 3 is 2.35 bits per heavy atom. The van der Waals surface area contributed by atoms with Crippen molar-refractivity contribution < 1.29 is 19.1 Å². The van der Waals surface area contributed by atoms with Gasteiger partial charge in [0, 0.05) is 11.2 Å². The molecule has 1 aromatic heterocycles. The van der Waals surface area contributed by atoms with Crippen molar-refractivity contribution in [2.24, 2.45) is 0 Å². The number of ether oxygens (including phenoxy) is 2. The SMILES string of the molecule is CCOc1ccc(C(C(=O)NC(C)(C)C)N(C(=O)Cn2nnc3ccccc32)c2cc(C)cc(C)c2)cc1OC. The highest BCUT2D eigenvalue weighted by molar-refractivity contribution is 6.02. The van der Waals surface area contributed by atoms with Crippen LogP contribution in [0.1, 0.15) is 50.4 Å². The number of fused-ring (bicyclic) bond motifs is 1. The number of carbonyl (C=O) groups is 2. The predicted molar refractivity (Wildman–Crippen MR) is 156 cm³/mol. The quantitative estimate of drug-likeness (QED) is 0.314. The molecule has 1 N–H and O–H groups in total. The lowest BCUT2D eigenvalue weighted by Crippen LogP contribution is -2.50. The molecule has 0 aliphatic rings. The normalized spacial score (nSPS) is 12.2. The Labute approximate surface area is 235 Å². The van der Waals surface area contributed by atoms with Gasteiger partial charge in [-0.2, -0.15) is 0 Å². The highest BCUT2D eigenvalue weighted by Gasteiger charge is 2.35. The number of hydrogen-bond acceptors (Lipinski definition) is 6. The van der Waals surface area contributed by atoms with Crippen LogP contribution in [0.25, 0.3) is 11.0 Å². The van der Waals surface area contributed by atoms with Gasteiger partial charge in [-0.25, -0.2) is 4.68 Å². The van der Waals surface area contributed by atoms with Gasteiger partial charge < -0.3 is 14.8 Å². The van der Waals surface area contributed by atoms with Crippen LogP contribution in [0.2, 0.25) is 0 Å². The standard InChI is InChI=1S/C31H37N5O4/c1-8-40-26-14-13-22(18-27(26)39-7)29(30(38)32-31(4,5)6)36(23-16-20(2)15-21(3)17-23)28(37)19-35-25-12-10-9-11-24(25)33-34-35/h9-18,29H,8,19H2,1-7H3,(H,32,38). The zero-order chi connectivity index (χ0) is 29.0. The first-order chi connectivity index (χ1) is 19.0. The summed E-state index contributed by atoms with van der Waals surface area (Å²) in [6, 6.07) is 17.6. The Kier molecular flexibility index (Phi) is 8.42. The number of hydrogen-bond donors (Lipinski definition) is 1. The van der Waals surface area contributed by atoms with Crippen molar-refractivity contribution >= 4 is 28.5 Å². The van der Waals surface area contributed by atoms with Gasteiger partial charge in [-0.3, -0.25) is 14.5 Å². The number of aromatic nitrogens is 3. The maximum atomic E-state index is 14.3. The molecule has 0 saturated carbocycles. The topological polar surface area (TPSA) is 98.6 Å². The van der Waals surface area contributed by atoms with E-state index >= 15 is 0 Å². The van der Waals surface area contributed by atoms with E-state index in [2.05, 4.69) is 15.6 Å². The maximum absolute atomic E-state index is 14.3. The van der Waals surface area contributed by atoms with Crippen molar-refractivity contribution in [1.29, 1.82) is 0 Å². The lowest BCUT2D eigenvalue weighted by Gasteiger charge is -2.34. The molecule has 0 aliphatic heterocycles. The second kappa shape index (κ2) is 11.8. The fourth-order valence-electron chi connectivity index (χ4n) is 4.75. The lowest BCUT2D eigenvalue weighted by molar-refractivity contribution is -0.128.